The molecule has 5 heteroatoms. The molecule has 0 spiro atoms. The van der Waals surface area contributed by atoms with Gasteiger partial charge >= 0.3 is 0 Å². The average Bonchev–Trinajstić information content (AvgIpc) is 2.62. The number of hydrogen-bond acceptors (Lipinski definition) is 3. The van der Waals surface area contributed by atoms with Crippen LogP contribution in [0.3, 0.4) is 0 Å². The molecule has 0 fully saturated rings. The largest absolute Gasteiger partial charge is 0.497 e. The van der Waals surface area contributed by atoms with Gasteiger partial charge in [-0.25, -0.2) is 4.39 Å². The number of rotatable bonds is 4. The van der Waals surface area contributed by atoms with Gasteiger partial charge in [-0.1, -0.05) is 0 Å². The Morgan fingerprint density at radius 3 is 2.63 bits per heavy atom. The van der Waals surface area contributed by atoms with Gasteiger partial charge in [0, 0.05) is 30.9 Å². The fourth-order valence-corrected chi connectivity index (χ4v) is 2.02. The Labute approximate surface area is 112 Å². The van der Waals surface area contributed by atoms with Crippen LogP contribution in [0.25, 0.3) is 0 Å². The van der Waals surface area contributed by atoms with Crippen LogP contribution in [0.2, 0.25) is 0 Å². The van der Waals surface area contributed by atoms with E-state index >= 15 is 0 Å². The molecule has 1 aromatic carbocycles. The van der Waals surface area contributed by atoms with E-state index in [0.29, 0.717) is 18.0 Å². The van der Waals surface area contributed by atoms with Crippen molar-refractivity contribution in [3.8, 4) is 5.75 Å². The fourth-order valence-electron chi connectivity index (χ4n) is 2.02. The van der Waals surface area contributed by atoms with E-state index in [0.717, 1.165) is 17.0 Å². The Morgan fingerprint density at radius 1 is 1.37 bits per heavy atom. The summed E-state index contributed by atoms with van der Waals surface area (Å²) in [6.07, 6.45) is 0. The van der Waals surface area contributed by atoms with E-state index in [2.05, 4.69) is 10.4 Å². The van der Waals surface area contributed by atoms with Gasteiger partial charge in [0.05, 0.1) is 18.5 Å². The summed E-state index contributed by atoms with van der Waals surface area (Å²) in [4.78, 5) is 0. The first-order valence-corrected chi connectivity index (χ1v) is 6.09. The Morgan fingerprint density at radius 2 is 2.11 bits per heavy atom. The second-order valence-corrected chi connectivity index (χ2v) is 4.47. The normalized spacial score (nSPS) is 10.6. The van der Waals surface area contributed by atoms with Crippen molar-refractivity contribution in [1.82, 2.24) is 9.78 Å². The maximum atomic E-state index is 13.8. The smallest absolute Gasteiger partial charge is 0.149 e. The van der Waals surface area contributed by atoms with E-state index in [1.807, 2.05) is 25.6 Å². The molecule has 0 saturated carbocycles. The average molecular weight is 263 g/mol. The Hall–Kier alpha value is -2.04. The van der Waals surface area contributed by atoms with E-state index in [-0.39, 0.29) is 5.82 Å². The van der Waals surface area contributed by atoms with Gasteiger partial charge in [-0.05, 0) is 26.0 Å². The predicted molar refractivity (Wildman–Crippen MR) is 73.0 cm³/mol. The fraction of sp³-hybridized carbons (Fsp3) is 0.357. The molecule has 1 aromatic heterocycles. The minimum atomic E-state index is -0.321. The van der Waals surface area contributed by atoms with Gasteiger partial charge < -0.3 is 10.1 Å². The van der Waals surface area contributed by atoms with Crippen LogP contribution in [-0.4, -0.2) is 16.9 Å². The number of nitrogens with one attached hydrogen (secondary N) is 1. The molecule has 4 nitrogen and oxygen atoms in total. The lowest BCUT2D eigenvalue weighted by Gasteiger charge is -2.09. The lowest BCUT2D eigenvalue weighted by atomic mass is 10.2. The SMILES string of the molecule is COc1ccc(NCc2c(C)nn(C)c2C)c(F)c1. The summed E-state index contributed by atoms with van der Waals surface area (Å²) in [6, 6.07) is 4.77. The third-order valence-electron chi connectivity index (χ3n) is 3.29. The molecule has 0 bridgehead atoms. The van der Waals surface area contributed by atoms with Crippen LogP contribution < -0.4 is 10.1 Å². The number of aromatic nitrogens is 2. The summed E-state index contributed by atoms with van der Waals surface area (Å²) in [5.41, 5.74) is 3.60. The zero-order valence-electron chi connectivity index (χ0n) is 11.6. The molecule has 0 atom stereocenters. The van der Waals surface area contributed by atoms with Gasteiger partial charge in [0.15, 0.2) is 0 Å². The standard InChI is InChI=1S/C14H18FN3O/c1-9-12(10(2)18(3)17-9)8-16-14-6-5-11(19-4)7-13(14)15/h5-7,16H,8H2,1-4H3. The molecule has 0 unspecified atom stereocenters. The van der Waals surface area contributed by atoms with Gasteiger partial charge in [-0.2, -0.15) is 5.10 Å². The van der Waals surface area contributed by atoms with Crippen molar-refractivity contribution in [2.24, 2.45) is 7.05 Å². The van der Waals surface area contributed by atoms with E-state index in [1.54, 1.807) is 12.1 Å². The summed E-state index contributed by atoms with van der Waals surface area (Å²) in [6.45, 7) is 4.50. The molecule has 0 amide bonds. The van der Waals surface area contributed by atoms with Gasteiger partial charge in [-0.3, -0.25) is 4.68 Å². The number of nitrogens with zero attached hydrogens (tertiary/aromatic N) is 2. The molecule has 2 aromatic rings. The van der Waals surface area contributed by atoms with E-state index in [9.17, 15) is 4.39 Å². The summed E-state index contributed by atoms with van der Waals surface area (Å²) in [7, 11) is 3.42. The highest BCUT2D eigenvalue weighted by Gasteiger charge is 2.10. The van der Waals surface area contributed by atoms with Crippen molar-refractivity contribution < 1.29 is 9.13 Å². The first kappa shape index (κ1) is 13.4. The highest BCUT2D eigenvalue weighted by atomic mass is 19.1. The maximum Gasteiger partial charge on any atom is 0.149 e. The van der Waals surface area contributed by atoms with Crippen molar-refractivity contribution >= 4 is 5.69 Å². The molecule has 102 valence electrons. The monoisotopic (exact) mass is 263 g/mol. The summed E-state index contributed by atoms with van der Waals surface area (Å²) < 4.78 is 20.6. The molecular weight excluding hydrogens is 245 g/mol. The molecule has 1 heterocycles. The summed E-state index contributed by atoms with van der Waals surface area (Å²) in [5.74, 6) is 0.190. The van der Waals surface area contributed by atoms with Crippen molar-refractivity contribution in [2.45, 2.75) is 20.4 Å². The molecule has 1 N–H and O–H groups in total. The number of halogens is 1. The maximum absolute atomic E-state index is 13.8. The van der Waals surface area contributed by atoms with Crippen molar-refractivity contribution in [3.05, 3.63) is 41.0 Å². The molecule has 0 radical (unpaired) electrons. The van der Waals surface area contributed by atoms with Crippen LogP contribution in [0, 0.1) is 19.7 Å². The lowest BCUT2D eigenvalue weighted by molar-refractivity contribution is 0.411. The van der Waals surface area contributed by atoms with Gasteiger partial charge in [0.1, 0.15) is 11.6 Å². The van der Waals surface area contributed by atoms with Crippen LogP contribution in [0.4, 0.5) is 10.1 Å². The lowest BCUT2D eigenvalue weighted by Crippen LogP contribution is -2.04. The number of anilines is 1. The van der Waals surface area contributed by atoms with E-state index < -0.39 is 0 Å². The number of methoxy groups -OCH3 is 1. The third kappa shape index (κ3) is 2.70. The Bertz CT molecular complexity index is 593. The van der Waals surface area contributed by atoms with Crippen LogP contribution in [-0.2, 0) is 13.6 Å². The second-order valence-electron chi connectivity index (χ2n) is 4.47. The minimum absolute atomic E-state index is 0.321. The predicted octanol–water partition coefficient (Wildman–Crippen LogP) is 2.80. The van der Waals surface area contributed by atoms with E-state index in [4.69, 9.17) is 4.74 Å². The van der Waals surface area contributed by atoms with Gasteiger partial charge in [0.25, 0.3) is 0 Å². The summed E-state index contributed by atoms with van der Waals surface area (Å²) >= 11 is 0. The molecule has 0 aliphatic carbocycles. The quantitative estimate of drug-likeness (QED) is 0.922. The molecule has 0 aliphatic heterocycles. The number of benzene rings is 1. The van der Waals surface area contributed by atoms with Gasteiger partial charge in [0.2, 0.25) is 0 Å². The molecule has 0 saturated heterocycles. The highest BCUT2D eigenvalue weighted by Crippen LogP contribution is 2.22. The number of ether oxygens (including phenoxy) is 1. The van der Waals surface area contributed by atoms with Crippen molar-refractivity contribution in [3.63, 3.8) is 0 Å². The van der Waals surface area contributed by atoms with Crippen molar-refractivity contribution in [1.29, 1.82) is 0 Å². The number of hydrogen-bond donors (Lipinski definition) is 1. The van der Waals surface area contributed by atoms with Crippen LogP contribution in [0.5, 0.6) is 5.75 Å². The minimum Gasteiger partial charge on any atom is -0.497 e. The first-order chi connectivity index (χ1) is 9.02. The highest BCUT2D eigenvalue weighted by molar-refractivity contribution is 5.48. The molecule has 19 heavy (non-hydrogen) atoms. The van der Waals surface area contributed by atoms with Crippen molar-refractivity contribution in [2.75, 3.05) is 12.4 Å². The van der Waals surface area contributed by atoms with Crippen LogP contribution >= 0.6 is 0 Å². The molecule has 2 rings (SSSR count). The Kier molecular flexibility index (Phi) is 3.74. The van der Waals surface area contributed by atoms with Crippen LogP contribution in [0.1, 0.15) is 17.0 Å². The molecule has 0 aliphatic rings. The van der Waals surface area contributed by atoms with Gasteiger partial charge in [-0.15, -0.1) is 0 Å². The third-order valence-corrected chi connectivity index (χ3v) is 3.29. The zero-order chi connectivity index (χ0) is 14.0. The molecular formula is C14H18FN3O. The van der Waals surface area contributed by atoms with E-state index in [1.165, 1.54) is 13.2 Å². The first-order valence-electron chi connectivity index (χ1n) is 6.09. The second kappa shape index (κ2) is 5.30. The zero-order valence-corrected chi connectivity index (χ0v) is 11.6. The topological polar surface area (TPSA) is 39.1 Å². The number of aryl methyl sites for hydroxylation is 2. The Balaban J connectivity index is 2.14. The van der Waals surface area contributed by atoms with Crippen LogP contribution in [0.15, 0.2) is 18.2 Å². The summed E-state index contributed by atoms with van der Waals surface area (Å²) in [5, 5.41) is 7.43.